The molecule has 0 fully saturated rings. The van der Waals surface area contributed by atoms with Gasteiger partial charge in [-0.3, -0.25) is 0 Å². The van der Waals surface area contributed by atoms with Gasteiger partial charge in [0.2, 0.25) is 0 Å². The summed E-state index contributed by atoms with van der Waals surface area (Å²) in [5.41, 5.74) is 9.28. The molecule has 0 amide bonds. The average Bonchev–Trinajstić information content (AvgIpc) is 3.67. The van der Waals surface area contributed by atoms with Crippen LogP contribution >= 0.6 is 0 Å². The van der Waals surface area contributed by atoms with Crippen LogP contribution in [0.2, 0.25) is 0 Å². The van der Waals surface area contributed by atoms with Gasteiger partial charge in [-0.2, -0.15) is 0 Å². The van der Waals surface area contributed by atoms with Gasteiger partial charge < -0.3 is 0 Å². The van der Waals surface area contributed by atoms with Crippen LogP contribution in [0.25, 0.3) is 49.4 Å². The molecule has 0 saturated heterocycles. The van der Waals surface area contributed by atoms with Gasteiger partial charge in [0.25, 0.3) is 0 Å². The molecule has 0 atom stereocenters. The van der Waals surface area contributed by atoms with Gasteiger partial charge >= 0.3 is 308 Å². The topological polar surface area (TPSA) is 8.17 Å². The summed E-state index contributed by atoms with van der Waals surface area (Å²) in [4.78, 5) is 2.43. The van der Waals surface area contributed by atoms with E-state index in [-0.39, 0.29) is 0 Å². The Kier molecular flexibility index (Phi) is 9.41. The zero-order valence-electron chi connectivity index (χ0n) is 33.6. The van der Waals surface area contributed by atoms with Crippen LogP contribution in [0.3, 0.4) is 0 Å². The first-order valence-electron chi connectivity index (χ1n) is 21.0. The Hall–Kier alpha value is -7.40. The van der Waals surface area contributed by atoms with Crippen LogP contribution in [-0.4, -0.2) is 17.8 Å². The molecule has 0 aliphatic rings. The van der Waals surface area contributed by atoms with Crippen molar-refractivity contribution in [2.24, 2.45) is 0 Å². The molecule has 11 aromatic rings. The Bertz CT molecular complexity index is 3170. The summed E-state index contributed by atoms with van der Waals surface area (Å²) in [6, 6.07) is 94.0. The van der Waals surface area contributed by atoms with E-state index in [1.54, 1.807) is 0 Å². The van der Waals surface area contributed by atoms with Gasteiger partial charge in [0.1, 0.15) is 0 Å². The second-order valence-corrected chi connectivity index (χ2v) is 23.7. The molecule has 0 saturated carbocycles. The third-order valence-electron chi connectivity index (χ3n) is 12.3. The quantitative estimate of drug-likeness (QED) is 0.131. The van der Waals surface area contributed by atoms with Gasteiger partial charge in [0.05, 0.1) is 0 Å². The standard InChI is InChI=1S/C58H42GeN2/c1-5-17-43(18-6-1)45-29-34-52(35-30-45)61-57-28-16-15-27-55(57)56-42-54(39-40-58(56)61)60(53-36-31-44-19-13-14-20-46(44)41-53)51-37-32-50(33-38-51)59(47-21-7-2-8-22-47,48-23-9-3-10-24-48)49-25-11-4-12-26-49/h1-42H. The van der Waals surface area contributed by atoms with Crippen molar-refractivity contribution in [1.82, 2.24) is 4.57 Å². The molecule has 0 N–H and O–H groups in total. The number of hydrogen-bond donors (Lipinski definition) is 0. The monoisotopic (exact) mass is 840 g/mol. The normalized spacial score (nSPS) is 11.6. The molecule has 0 radical (unpaired) electrons. The predicted molar refractivity (Wildman–Crippen MR) is 262 cm³/mol. The van der Waals surface area contributed by atoms with Crippen LogP contribution in [0.5, 0.6) is 0 Å². The molecular weight excluding hydrogens is 797 g/mol. The second-order valence-electron chi connectivity index (χ2n) is 15.7. The summed E-state index contributed by atoms with van der Waals surface area (Å²) in [5.74, 6) is 0. The second kappa shape index (κ2) is 15.7. The van der Waals surface area contributed by atoms with Crippen molar-refractivity contribution in [3.63, 3.8) is 0 Å². The number of anilines is 3. The number of benzene rings is 10. The molecule has 3 heteroatoms. The van der Waals surface area contributed by atoms with Gasteiger partial charge in [0, 0.05) is 0 Å². The molecule has 0 unspecified atom stereocenters. The Morgan fingerprint density at radius 1 is 0.295 bits per heavy atom. The third-order valence-corrected chi connectivity index (χ3v) is 22.4. The van der Waals surface area contributed by atoms with Crippen LogP contribution in [-0.2, 0) is 0 Å². The summed E-state index contributed by atoms with van der Waals surface area (Å²) < 4.78 is 8.03. The van der Waals surface area contributed by atoms with E-state index in [0.29, 0.717) is 0 Å². The molecule has 11 rings (SSSR count). The summed E-state index contributed by atoms with van der Waals surface area (Å²) in [5, 5.41) is 4.88. The third kappa shape index (κ3) is 6.44. The van der Waals surface area contributed by atoms with Crippen LogP contribution in [0.4, 0.5) is 17.1 Å². The van der Waals surface area contributed by atoms with E-state index < -0.39 is 13.3 Å². The van der Waals surface area contributed by atoms with E-state index in [9.17, 15) is 0 Å². The molecule has 0 aliphatic heterocycles. The molecule has 0 spiro atoms. The SMILES string of the molecule is c1ccc(-c2ccc(-n3c4ccccc4c4cc(N(c5cc[c]([Ge]([c]6ccccc6)([c]6ccccc6)[c]6ccccc6)cc5)c5ccc6ccccc6c5)ccc43)cc2)cc1. The van der Waals surface area contributed by atoms with Gasteiger partial charge in [0.15, 0.2) is 0 Å². The van der Waals surface area contributed by atoms with Gasteiger partial charge in [-0.25, -0.2) is 0 Å². The van der Waals surface area contributed by atoms with Crippen LogP contribution in [0.1, 0.15) is 0 Å². The van der Waals surface area contributed by atoms with E-state index >= 15 is 0 Å². The van der Waals surface area contributed by atoms with Crippen LogP contribution in [0, 0.1) is 0 Å². The van der Waals surface area contributed by atoms with Gasteiger partial charge in [-0.15, -0.1) is 0 Å². The van der Waals surface area contributed by atoms with E-state index in [1.165, 1.54) is 61.3 Å². The van der Waals surface area contributed by atoms with Gasteiger partial charge in [-0.05, 0) is 11.1 Å². The van der Waals surface area contributed by atoms with E-state index in [0.717, 1.165) is 22.7 Å². The van der Waals surface area contributed by atoms with Gasteiger partial charge in [-0.1, -0.05) is 42.5 Å². The van der Waals surface area contributed by atoms with E-state index in [2.05, 4.69) is 264 Å². The van der Waals surface area contributed by atoms with Crippen LogP contribution < -0.4 is 22.5 Å². The minimum Gasteiger partial charge on any atom is -0.0617 e. The smallest absolute Gasteiger partial charge is 0.0617 e. The summed E-state index contributed by atoms with van der Waals surface area (Å²) in [6.45, 7) is 0. The Morgan fingerprint density at radius 3 is 1.39 bits per heavy atom. The minimum atomic E-state index is -3.45. The zero-order chi connectivity index (χ0) is 40.6. The first kappa shape index (κ1) is 36.7. The first-order valence-corrected chi connectivity index (χ1v) is 25.2. The Balaban J connectivity index is 1.09. The van der Waals surface area contributed by atoms with Crippen molar-refractivity contribution in [3.05, 3.63) is 255 Å². The maximum atomic E-state index is 2.43. The number of nitrogens with zero attached hydrogens (tertiary/aromatic N) is 2. The fourth-order valence-corrected chi connectivity index (χ4v) is 19.5. The fourth-order valence-electron chi connectivity index (χ4n) is 9.50. The van der Waals surface area contributed by atoms with Crippen LogP contribution in [0.15, 0.2) is 255 Å². The van der Waals surface area contributed by atoms with E-state index in [4.69, 9.17) is 0 Å². The molecule has 0 bridgehead atoms. The molecule has 61 heavy (non-hydrogen) atoms. The van der Waals surface area contributed by atoms with Crippen molar-refractivity contribution >= 4 is 80.5 Å². The number of fused-ring (bicyclic) bond motifs is 4. The van der Waals surface area contributed by atoms with Crippen molar-refractivity contribution in [1.29, 1.82) is 0 Å². The zero-order valence-corrected chi connectivity index (χ0v) is 35.7. The Labute approximate surface area is 359 Å². The molecule has 10 aromatic carbocycles. The Morgan fingerprint density at radius 2 is 0.754 bits per heavy atom. The fraction of sp³-hybridized carbons (Fsp3) is 0. The number of rotatable bonds is 9. The molecule has 0 aliphatic carbocycles. The molecule has 1 aromatic heterocycles. The molecule has 2 nitrogen and oxygen atoms in total. The number of para-hydroxylation sites is 1. The van der Waals surface area contributed by atoms with Crippen molar-refractivity contribution in [3.8, 4) is 16.8 Å². The summed E-state index contributed by atoms with van der Waals surface area (Å²) >= 11 is -3.45. The van der Waals surface area contributed by atoms with Crippen molar-refractivity contribution in [2.45, 2.75) is 0 Å². The van der Waals surface area contributed by atoms with E-state index in [1.807, 2.05) is 0 Å². The summed E-state index contributed by atoms with van der Waals surface area (Å²) in [7, 11) is 0. The molecular formula is C58H42GeN2. The first-order chi connectivity index (χ1) is 30.3. The minimum absolute atomic E-state index is 1.11. The predicted octanol–water partition coefficient (Wildman–Crippen LogP) is 12.5. The number of aromatic nitrogens is 1. The average molecular weight is 840 g/mol. The number of hydrogen-bond acceptors (Lipinski definition) is 1. The summed E-state index contributed by atoms with van der Waals surface area (Å²) in [6.07, 6.45) is 0. The van der Waals surface area contributed by atoms with Crippen molar-refractivity contribution < 1.29 is 0 Å². The van der Waals surface area contributed by atoms with Crippen molar-refractivity contribution in [2.75, 3.05) is 4.90 Å². The molecule has 1 heterocycles. The maximum absolute atomic E-state index is 3.45. The molecule has 288 valence electrons.